The molecule has 2 aromatic heterocycles. The van der Waals surface area contributed by atoms with Crippen LogP contribution >= 0.6 is 11.3 Å². The SMILES string of the molecule is CCOc1cccc(/C(O)=C2\C(=O)C(=O)N(c3nc4ccc(OC)cc4s3)C2c2ccc(C)o2)c1. The molecular weight excluding hydrogens is 468 g/mol. The third-order valence-electron chi connectivity index (χ3n) is 5.68. The van der Waals surface area contributed by atoms with Crippen molar-refractivity contribution in [3.63, 3.8) is 0 Å². The second-order valence-corrected chi connectivity index (χ2v) is 8.92. The summed E-state index contributed by atoms with van der Waals surface area (Å²) in [6.07, 6.45) is 0. The summed E-state index contributed by atoms with van der Waals surface area (Å²) >= 11 is 1.25. The van der Waals surface area contributed by atoms with Crippen LogP contribution in [0.3, 0.4) is 0 Å². The van der Waals surface area contributed by atoms with E-state index in [0.717, 1.165) is 4.70 Å². The number of hydrogen-bond acceptors (Lipinski definition) is 8. The van der Waals surface area contributed by atoms with E-state index in [0.29, 0.717) is 45.8 Å². The number of furan rings is 1. The summed E-state index contributed by atoms with van der Waals surface area (Å²) in [5.41, 5.74) is 0.942. The van der Waals surface area contributed by atoms with Crippen LogP contribution in [0.25, 0.3) is 16.0 Å². The van der Waals surface area contributed by atoms with Crippen LogP contribution < -0.4 is 14.4 Å². The Balaban J connectivity index is 1.68. The third kappa shape index (κ3) is 3.93. The highest BCUT2D eigenvalue weighted by molar-refractivity contribution is 7.22. The van der Waals surface area contributed by atoms with Gasteiger partial charge in [0.05, 0.1) is 29.5 Å². The molecule has 0 bridgehead atoms. The van der Waals surface area contributed by atoms with E-state index in [1.54, 1.807) is 62.6 Å². The number of aliphatic hydroxyl groups excluding tert-OH is 1. The Bertz CT molecular complexity index is 1480. The number of benzene rings is 2. The van der Waals surface area contributed by atoms with Gasteiger partial charge in [-0.05, 0) is 56.3 Å². The number of methoxy groups -OCH3 is 1. The van der Waals surface area contributed by atoms with Crippen LogP contribution in [0.5, 0.6) is 11.5 Å². The number of carbonyl (C=O) groups excluding carboxylic acids is 2. The smallest absolute Gasteiger partial charge is 0.302 e. The summed E-state index contributed by atoms with van der Waals surface area (Å²) in [6, 6.07) is 14.6. The van der Waals surface area contributed by atoms with Crippen LogP contribution in [0.15, 0.2) is 64.6 Å². The lowest BCUT2D eigenvalue weighted by molar-refractivity contribution is -0.132. The highest BCUT2D eigenvalue weighted by Gasteiger charge is 2.49. The van der Waals surface area contributed by atoms with E-state index >= 15 is 0 Å². The molecule has 1 atom stereocenters. The first-order valence-electron chi connectivity index (χ1n) is 11.0. The molecule has 1 unspecified atom stereocenters. The molecule has 0 saturated carbocycles. The largest absolute Gasteiger partial charge is 0.507 e. The first kappa shape index (κ1) is 22.7. The van der Waals surface area contributed by atoms with E-state index in [1.807, 2.05) is 13.0 Å². The maximum atomic E-state index is 13.3. The minimum Gasteiger partial charge on any atom is -0.507 e. The van der Waals surface area contributed by atoms with Crippen LogP contribution in [-0.2, 0) is 9.59 Å². The van der Waals surface area contributed by atoms with Crippen LogP contribution in [0.2, 0.25) is 0 Å². The van der Waals surface area contributed by atoms with E-state index < -0.39 is 17.7 Å². The van der Waals surface area contributed by atoms with Crippen molar-refractivity contribution in [3.05, 3.63) is 77.3 Å². The molecule has 8 nitrogen and oxygen atoms in total. The summed E-state index contributed by atoms with van der Waals surface area (Å²) in [5.74, 6) is 0.226. The van der Waals surface area contributed by atoms with Gasteiger partial charge in [-0.15, -0.1) is 0 Å². The summed E-state index contributed by atoms with van der Waals surface area (Å²) in [5, 5.41) is 11.6. The number of fused-ring (bicyclic) bond motifs is 1. The van der Waals surface area contributed by atoms with Crippen molar-refractivity contribution in [3.8, 4) is 11.5 Å². The van der Waals surface area contributed by atoms with Gasteiger partial charge in [0.2, 0.25) is 0 Å². The zero-order valence-electron chi connectivity index (χ0n) is 19.3. The maximum absolute atomic E-state index is 13.3. The summed E-state index contributed by atoms with van der Waals surface area (Å²) in [6.45, 7) is 4.07. The molecule has 1 aliphatic rings. The molecule has 1 aliphatic heterocycles. The average molecular weight is 491 g/mol. The van der Waals surface area contributed by atoms with Gasteiger partial charge in [-0.3, -0.25) is 14.5 Å². The molecule has 1 fully saturated rings. The number of anilines is 1. The standard InChI is InChI=1S/C26H22N2O6S/c1-4-33-17-7-5-6-15(12-17)23(29)21-22(19-11-8-14(2)34-19)28(25(31)24(21)30)26-27-18-10-9-16(32-3)13-20(18)35-26/h5-13,22,29H,4H2,1-3H3/b23-21+. The lowest BCUT2D eigenvalue weighted by Gasteiger charge is -2.20. The monoisotopic (exact) mass is 490 g/mol. The van der Waals surface area contributed by atoms with E-state index in [9.17, 15) is 14.7 Å². The number of carbonyl (C=O) groups is 2. The van der Waals surface area contributed by atoms with E-state index in [1.165, 1.54) is 16.2 Å². The Labute approximate surface area is 205 Å². The molecule has 5 rings (SSSR count). The molecule has 2 aromatic carbocycles. The lowest BCUT2D eigenvalue weighted by Crippen LogP contribution is -2.29. The Hall–Kier alpha value is -4.11. The van der Waals surface area contributed by atoms with Gasteiger partial charge in [0.25, 0.3) is 5.78 Å². The first-order chi connectivity index (χ1) is 16.9. The van der Waals surface area contributed by atoms with Gasteiger partial charge in [0.1, 0.15) is 34.8 Å². The maximum Gasteiger partial charge on any atom is 0.302 e. The molecule has 3 heterocycles. The van der Waals surface area contributed by atoms with Gasteiger partial charge in [-0.2, -0.15) is 0 Å². The molecule has 0 radical (unpaired) electrons. The Kier molecular flexibility index (Phi) is 5.78. The van der Waals surface area contributed by atoms with Crippen molar-refractivity contribution in [2.24, 2.45) is 0 Å². The fourth-order valence-corrected chi connectivity index (χ4v) is 5.10. The topological polar surface area (TPSA) is 102 Å². The van der Waals surface area contributed by atoms with Gasteiger partial charge in [0.15, 0.2) is 5.13 Å². The number of ketones is 1. The molecule has 1 N–H and O–H groups in total. The quantitative estimate of drug-likeness (QED) is 0.224. The van der Waals surface area contributed by atoms with E-state index in [2.05, 4.69) is 4.98 Å². The van der Waals surface area contributed by atoms with Crippen LogP contribution in [-0.4, -0.2) is 35.5 Å². The van der Waals surface area contributed by atoms with Crippen molar-refractivity contribution in [1.29, 1.82) is 0 Å². The minimum atomic E-state index is -0.984. The van der Waals surface area contributed by atoms with Crippen LogP contribution in [0.1, 0.15) is 30.0 Å². The van der Waals surface area contributed by atoms with Crippen molar-refractivity contribution in [2.45, 2.75) is 19.9 Å². The second-order valence-electron chi connectivity index (χ2n) is 7.91. The van der Waals surface area contributed by atoms with Crippen molar-refractivity contribution in [1.82, 2.24) is 4.98 Å². The van der Waals surface area contributed by atoms with Gasteiger partial charge in [-0.25, -0.2) is 4.98 Å². The normalized spacial score (nSPS) is 17.3. The lowest BCUT2D eigenvalue weighted by atomic mass is 9.99. The van der Waals surface area contributed by atoms with Gasteiger partial charge in [-0.1, -0.05) is 23.5 Å². The predicted octanol–water partition coefficient (Wildman–Crippen LogP) is 5.23. The van der Waals surface area contributed by atoms with Gasteiger partial charge >= 0.3 is 5.91 Å². The van der Waals surface area contributed by atoms with Crippen molar-refractivity contribution >= 4 is 44.1 Å². The molecule has 0 spiro atoms. The Morgan fingerprint density at radius 2 is 1.97 bits per heavy atom. The molecule has 0 aliphatic carbocycles. The number of Topliss-reactive ketones (excluding diaryl/α,β-unsaturated/α-hetero) is 1. The Morgan fingerprint density at radius 1 is 1.14 bits per heavy atom. The summed E-state index contributed by atoms with van der Waals surface area (Å²) < 4.78 is 17.5. The third-order valence-corrected chi connectivity index (χ3v) is 6.70. The zero-order chi connectivity index (χ0) is 24.7. The zero-order valence-corrected chi connectivity index (χ0v) is 20.1. The fraction of sp³-hybridized carbons (Fsp3) is 0.192. The number of aryl methyl sites for hydroxylation is 1. The number of aromatic nitrogens is 1. The number of amides is 1. The Morgan fingerprint density at radius 3 is 2.69 bits per heavy atom. The molecule has 1 amide bonds. The second kappa shape index (κ2) is 8.92. The molecule has 178 valence electrons. The summed E-state index contributed by atoms with van der Waals surface area (Å²) in [4.78, 5) is 32.5. The number of aliphatic hydroxyl groups is 1. The van der Waals surface area contributed by atoms with E-state index in [4.69, 9.17) is 13.9 Å². The number of ether oxygens (including phenoxy) is 2. The molecule has 35 heavy (non-hydrogen) atoms. The average Bonchev–Trinajstić information content (AvgIpc) is 3.54. The van der Waals surface area contributed by atoms with E-state index in [-0.39, 0.29) is 11.3 Å². The van der Waals surface area contributed by atoms with Gasteiger partial charge < -0.3 is 19.0 Å². The molecule has 9 heteroatoms. The number of nitrogens with zero attached hydrogens (tertiary/aromatic N) is 2. The highest BCUT2D eigenvalue weighted by atomic mass is 32.1. The van der Waals surface area contributed by atoms with Crippen LogP contribution in [0.4, 0.5) is 5.13 Å². The molecule has 1 saturated heterocycles. The number of thiazole rings is 1. The van der Waals surface area contributed by atoms with Crippen LogP contribution in [0, 0.1) is 6.92 Å². The molecule has 4 aromatic rings. The fourth-order valence-electron chi connectivity index (χ4n) is 4.08. The van der Waals surface area contributed by atoms with Crippen molar-refractivity contribution < 1.29 is 28.6 Å². The first-order valence-corrected chi connectivity index (χ1v) is 11.8. The predicted molar refractivity (Wildman–Crippen MR) is 132 cm³/mol. The minimum absolute atomic E-state index is 0.0742. The van der Waals surface area contributed by atoms with Crippen molar-refractivity contribution in [2.75, 3.05) is 18.6 Å². The summed E-state index contributed by atoms with van der Waals surface area (Å²) in [7, 11) is 1.57. The highest BCUT2D eigenvalue weighted by Crippen LogP contribution is 2.45. The number of hydrogen-bond donors (Lipinski definition) is 1. The number of rotatable bonds is 6. The molecular formula is C26H22N2O6S. The van der Waals surface area contributed by atoms with Gasteiger partial charge in [0, 0.05) is 5.56 Å².